The van der Waals surface area contributed by atoms with E-state index in [1.165, 1.54) is 0 Å². The van der Waals surface area contributed by atoms with Crippen molar-refractivity contribution in [2.24, 2.45) is 4.99 Å². The Bertz CT molecular complexity index is 1020. The predicted molar refractivity (Wildman–Crippen MR) is 99.6 cm³/mol. The third-order valence-electron chi connectivity index (χ3n) is 4.12. The van der Waals surface area contributed by atoms with E-state index in [0.29, 0.717) is 11.5 Å². The topological polar surface area (TPSA) is 50.7 Å². The van der Waals surface area contributed by atoms with Crippen LogP contribution in [-0.4, -0.2) is 18.9 Å². The van der Waals surface area contributed by atoms with Crippen molar-refractivity contribution < 1.29 is 9.53 Å². The first-order valence-electron chi connectivity index (χ1n) is 7.98. The van der Waals surface area contributed by atoms with Gasteiger partial charge in [-0.3, -0.25) is 4.79 Å². The SMILES string of the molecule is COc1ccc2cc(/C=C3/N=C(c4ccccc4)NC3=O)ccc2c1. The standard InChI is InChI=1S/C21H16N2O2/c1-25-18-10-9-16-11-14(7-8-17(16)13-18)12-19-21(24)23-20(22-19)15-5-3-2-4-6-15/h2-13H,1H3,(H,22,23,24)/b19-12+. The Hall–Kier alpha value is -3.40. The summed E-state index contributed by atoms with van der Waals surface area (Å²) >= 11 is 0. The summed E-state index contributed by atoms with van der Waals surface area (Å²) in [7, 11) is 1.65. The molecule has 1 aliphatic heterocycles. The van der Waals surface area contributed by atoms with Gasteiger partial charge in [0.2, 0.25) is 0 Å². The van der Waals surface area contributed by atoms with Gasteiger partial charge in [-0.1, -0.05) is 48.5 Å². The van der Waals surface area contributed by atoms with E-state index in [1.807, 2.05) is 66.7 Å². The fourth-order valence-electron chi connectivity index (χ4n) is 2.82. The maximum absolute atomic E-state index is 12.2. The summed E-state index contributed by atoms with van der Waals surface area (Å²) in [5.41, 5.74) is 2.23. The maximum atomic E-state index is 12.2. The second kappa shape index (κ2) is 6.24. The van der Waals surface area contributed by atoms with Crippen LogP contribution in [0.5, 0.6) is 5.75 Å². The van der Waals surface area contributed by atoms with Crippen LogP contribution >= 0.6 is 0 Å². The van der Waals surface area contributed by atoms with E-state index >= 15 is 0 Å². The molecule has 4 nitrogen and oxygen atoms in total. The van der Waals surface area contributed by atoms with Gasteiger partial charge in [-0.05, 0) is 40.6 Å². The molecule has 4 heteroatoms. The fourth-order valence-corrected chi connectivity index (χ4v) is 2.82. The van der Waals surface area contributed by atoms with Gasteiger partial charge in [0, 0.05) is 5.56 Å². The molecule has 0 bridgehead atoms. The second-order valence-corrected chi connectivity index (χ2v) is 5.78. The van der Waals surface area contributed by atoms with Crippen LogP contribution in [0.3, 0.4) is 0 Å². The number of benzene rings is 3. The van der Waals surface area contributed by atoms with Crippen LogP contribution in [0.2, 0.25) is 0 Å². The number of fused-ring (bicyclic) bond motifs is 1. The lowest BCUT2D eigenvalue weighted by molar-refractivity contribution is -0.115. The zero-order valence-corrected chi connectivity index (χ0v) is 13.7. The van der Waals surface area contributed by atoms with Crippen LogP contribution < -0.4 is 10.1 Å². The van der Waals surface area contributed by atoms with Crippen LogP contribution in [0.15, 0.2) is 77.4 Å². The summed E-state index contributed by atoms with van der Waals surface area (Å²) in [6.45, 7) is 0. The average Bonchev–Trinajstić information content (AvgIpc) is 3.02. The number of methoxy groups -OCH3 is 1. The van der Waals surface area contributed by atoms with Crippen LogP contribution in [0.4, 0.5) is 0 Å². The normalized spacial score (nSPS) is 15.3. The first-order chi connectivity index (χ1) is 12.2. The summed E-state index contributed by atoms with van der Waals surface area (Å²) in [4.78, 5) is 16.6. The van der Waals surface area contributed by atoms with Gasteiger partial charge in [0.1, 0.15) is 17.3 Å². The van der Waals surface area contributed by atoms with Gasteiger partial charge in [-0.15, -0.1) is 0 Å². The number of ether oxygens (including phenoxy) is 1. The van der Waals surface area contributed by atoms with E-state index in [2.05, 4.69) is 10.3 Å². The Balaban J connectivity index is 1.69. The van der Waals surface area contributed by atoms with Crippen molar-refractivity contribution in [3.05, 3.63) is 83.6 Å². The van der Waals surface area contributed by atoms with E-state index in [4.69, 9.17) is 4.74 Å². The highest BCUT2D eigenvalue weighted by atomic mass is 16.5. The lowest BCUT2D eigenvalue weighted by atomic mass is 10.1. The summed E-state index contributed by atoms with van der Waals surface area (Å²) in [5, 5.41) is 4.99. The quantitative estimate of drug-likeness (QED) is 0.744. The number of amides is 1. The number of carbonyl (C=O) groups excluding carboxylic acids is 1. The van der Waals surface area contributed by atoms with Crippen molar-refractivity contribution in [2.75, 3.05) is 7.11 Å². The number of aliphatic imine (C=N–C) groups is 1. The van der Waals surface area contributed by atoms with Crippen molar-refractivity contribution in [3.8, 4) is 5.75 Å². The zero-order valence-electron chi connectivity index (χ0n) is 13.7. The van der Waals surface area contributed by atoms with Gasteiger partial charge in [-0.2, -0.15) is 0 Å². The minimum atomic E-state index is -0.186. The molecular weight excluding hydrogens is 312 g/mol. The Morgan fingerprint density at radius 3 is 2.52 bits per heavy atom. The first kappa shape index (κ1) is 15.1. The molecule has 0 saturated heterocycles. The third-order valence-corrected chi connectivity index (χ3v) is 4.12. The number of carbonyl (C=O) groups is 1. The molecule has 122 valence electrons. The number of nitrogens with one attached hydrogen (secondary N) is 1. The maximum Gasteiger partial charge on any atom is 0.275 e. The molecule has 0 unspecified atom stereocenters. The van der Waals surface area contributed by atoms with Crippen molar-refractivity contribution in [1.82, 2.24) is 5.32 Å². The molecule has 0 spiro atoms. The first-order valence-corrected chi connectivity index (χ1v) is 7.98. The fraction of sp³-hybridized carbons (Fsp3) is 0.0476. The lowest BCUT2D eigenvalue weighted by Gasteiger charge is -2.03. The van der Waals surface area contributed by atoms with Crippen LogP contribution in [-0.2, 0) is 4.79 Å². The van der Waals surface area contributed by atoms with Crippen LogP contribution in [0, 0.1) is 0 Å². The van der Waals surface area contributed by atoms with E-state index < -0.39 is 0 Å². The van der Waals surface area contributed by atoms with Crippen molar-refractivity contribution in [1.29, 1.82) is 0 Å². The lowest BCUT2D eigenvalue weighted by Crippen LogP contribution is -2.24. The molecule has 1 heterocycles. The van der Waals surface area contributed by atoms with Gasteiger partial charge >= 0.3 is 0 Å². The number of hydrogen-bond acceptors (Lipinski definition) is 3. The van der Waals surface area contributed by atoms with E-state index in [9.17, 15) is 4.79 Å². The minimum absolute atomic E-state index is 0.186. The Morgan fingerprint density at radius 1 is 0.960 bits per heavy atom. The molecule has 0 aliphatic carbocycles. The Morgan fingerprint density at radius 2 is 1.72 bits per heavy atom. The average molecular weight is 328 g/mol. The molecule has 25 heavy (non-hydrogen) atoms. The molecule has 1 amide bonds. The number of rotatable bonds is 3. The van der Waals surface area contributed by atoms with Crippen molar-refractivity contribution in [2.45, 2.75) is 0 Å². The van der Waals surface area contributed by atoms with Crippen molar-refractivity contribution in [3.63, 3.8) is 0 Å². The molecule has 1 N–H and O–H groups in total. The highest BCUT2D eigenvalue weighted by Crippen LogP contribution is 2.23. The van der Waals surface area contributed by atoms with Crippen LogP contribution in [0.25, 0.3) is 16.8 Å². The smallest absolute Gasteiger partial charge is 0.275 e. The zero-order chi connectivity index (χ0) is 17.2. The summed E-state index contributed by atoms with van der Waals surface area (Å²) < 4.78 is 5.25. The molecular formula is C21H16N2O2. The molecule has 3 aromatic carbocycles. The molecule has 1 aliphatic rings. The number of nitrogens with zero attached hydrogens (tertiary/aromatic N) is 1. The largest absolute Gasteiger partial charge is 0.497 e. The summed E-state index contributed by atoms with van der Waals surface area (Å²) in [6, 6.07) is 21.5. The molecule has 3 aromatic rings. The van der Waals surface area contributed by atoms with Gasteiger partial charge in [0.05, 0.1) is 7.11 Å². The molecule has 0 fully saturated rings. The minimum Gasteiger partial charge on any atom is -0.497 e. The van der Waals surface area contributed by atoms with E-state index in [0.717, 1.165) is 27.6 Å². The number of hydrogen-bond donors (Lipinski definition) is 1. The van der Waals surface area contributed by atoms with Crippen molar-refractivity contribution >= 4 is 28.6 Å². The van der Waals surface area contributed by atoms with E-state index in [1.54, 1.807) is 13.2 Å². The van der Waals surface area contributed by atoms with Crippen LogP contribution in [0.1, 0.15) is 11.1 Å². The van der Waals surface area contributed by atoms with Gasteiger partial charge in [-0.25, -0.2) is 4.99 Å². The molecule has 0 aromatic heterocycles. The molecule has 4 rings (SSSR count). The van der Waals surface area contributed by atoms with Gasteiger partial charge < -0.3 is 10.1 Å². The monoisotopic (exact) mass is 328 g/mol. The molecule has 0 atom stereocenters. The predicted octanol–water partition coefficient (Wildman–Crippen LogP) is 3.77. The molecule has 0 saturated carbocycles. The summed E-state index contributed by atoms with van der Waals surface area (Å²) in [6.07, 6.45) is 1.80. The Labute approximate surface area is 145 Å². The molecule has 0 radical (unpaired) electrons. The highest BCUT2D eigenvalue weighted by Gasteiger charge is 2.20. The van der Waals surface area contributed by atoms with Gasteiger partial charge in [0.15, 0.2) is 0 Å². The second-order valence-electron chi connectivity index (χ2n) is 5.78. The number of amidine groups is 1. The highest BCUT2D eigenvalue weighted by molar-refractivity contribution is 6.19. The summed E-state index contributed by atoms with van der Waals surface area (Å²) in [5.74, 6) is 1.22. The van der Waals surface area contributed by atoms with E-state index in [-0.39, 0.29) is 5.91 Å². The Kier molecular flexibility index (Phi) is 3.78. The van der Waals surface area contributed by atoms with Gasteiger partial charge in [0.25, 0.3) is 5.91 Å². The third kappa shape index (κ3) is 3.02.